The van der Waals surface area contributed by atoms with Crippen LogP contribution < -0.4 is 4.74 Å². The Morgan fingerprint density at radius 1 is 1.61 bits per heavy atom. The molecule has 5 heteroatoms. The first kappa shape index (κ1) is 11.5. The van der Waals surface area contributed by atoms with E-state index in [2.05, 4.69) is 0 Å². The van der Waals surface area contributed by atoms with Gasteiger partial charge in [-0.3, -0.25) is 4.79 Å². The Bertz CT molecular complexity index is 505. The second kappa shape index (κ2) is 3.95. The molecule has 3 atom stereocenters. The third-order valence-electron chi connectivity index (χ3n) is 3.75. The van der Waals surface area contributed by atoms with Crippen molar-refractivity contribution in [2.75, 3.05) is 13.2 Å². The molecule has 0 aromatic heterocycles. The predicted octanol–water partition coefficient (Wildman–Crippen LogP) is 1.10. The SMILES string of the molecule is CC(=O)N1C[C@@H](CO)[C@@H]2Oc3c(F)cccc3[C@@H]21. The maximum Gasteiger partial charge on any atom is 0.220 e. The van der Waals surface area contributed by atoms with Crippen molar-refractivity contribution in [1.29, 1.82) is 0 Å². The topological polar surface area (TPSA) is 49.8 Å². The van der Waals surface area contributed by atoms with Gasteiger partial charge in [-0.1, -0.05) is 12.1 Å². The number of benzene rings is 1. The number of para-hydroxylation sites is 1. The molecule has 96 valence electrons. The van der Waals surface area contributed by atoms with E-state index in [1.54, 1.807) is 17.0 Å². The molecule has 1 aromatic rings. The molecule has 18 heavy (non-hydrogen) atoms. The van der Waals surface area contributed by atoms with Crippen LogP contribution in [0.25, 0.3) is 0 Å². The number of fused-ring (bicyclic) bond motifs is 3. The number of carbonyl (C=O) groups excluding carboxylic acids is 1. The highest BCUT2D eigenvalue weighted by molar-refractivity contribution is 5.75. The first-order chi connectivity index (χ1) is 8.63. The van der Waals surface area contributed by atoms with Gasteiger partial charge in [0.05, 0.1) is 12.6 Å². The molecule has 0 bridgehead atoms. The average Bonchev–Trinajstić information content (AvgIpc) is 2.86. The zero-order valence-corrected chi connectivity index (χ0v) is 9.97. The second-order valence-electron chi connectivity index (χ2n) is 4.80. The minimum Gasteiger partial charge on any atom is -0.484 e. The van der Waals surface area contributed by atoms with E-state index in [0.717, 1.165) is 0 Å². The third-order valence-corrected chi connectivity index (χ3v) is 3.75. The van der Waals surface area contributed by atoms with Gasteiger partial charge in [0, 0.05) is 24.9 Å². The maximum atomic E-state index is 13.7. The summed E-state index contributed by atoms with van der Waals surface area (Å²) in [7, 11) is 0. The van der Waals surface area contributed by atoms with Gasteiger partial charge >= 0.3 is 0 Å². The monoisotopic (exact) mass is 251 g/mol. The number of hydrogen-bond donors (Lipinski definition) is 1. The van der Waals surface area contributed by atoms with Crippen molar-refractivity contribution in [3.05, 3.63) is 29.6 Å². The van der Waals surface area contributed by atoms with E-state index < -0.39 is 5.82 Å². The van der Waals surface area contributed by atoms with E-state index >= 15 is 0 Å². The van der Waals surface area contributed by atoms with E-state index in [4.69, 9.17) is 4.74 Å². The third kappa shape index (κ3) is 1.43. The van der Waals surface area contributed by atoms with E-state index in [9.17, 15) is 14.3 Å². The Kier molecular flexibility index (Phi) is 2.52. The van der Waals surface area contributed by atoms with E-state index in [0.29, 0.717) is 12.1 Å². The first-order valence-corrected chi connectivity index (χ1v) is 5.96. The summed E-state index contributed by atoms with van der Waals surface area (Å²) in [6.07, 6.45) is -0.342. The lowest BCUT2D eigenvalue weighted by atomic mass is 9.99. The molecule has 0 spiro atoms. The molecule has 0 saturated carbocycles. The zero-order chi connectivity index (χ0) is 12.9. The van der Waals surface area contributed by atoms with Gasteiger partial charge in [-0.05, 0) is 6.07 Å². The van der Waals surface area contributed by atoms with Gasteiger partial charge in [-0.15, -0.1) is 0 Å². The van der Waals surface area contributed by atoms with Gasteiger partial charge in [0.25, 0.3) is 0 Å². The molecule has 4 nitrogen and oxygen atoms in total. The van der Waals surface area contributed by atoms with Gasteiger partial charge in [0.2, 0.25) is 5.91 Å². The summed E-state index contributed by atoms with van der Waals surface area (Å²) in [5.41, 5.74) is 0.700. The van der Waals surface area contributed by atoms with Crippen LogP contribution in [-0.2, 0) is 4.79 Å². The van der Waals surface area contributed by atoms with E-state index in [1.165, 1.54) is 13.0 Å². The second-order valence-corrected chi connectivity index (χ2v) is 4.80. The number of hydrogen-bond acceptors (Lipinski definition) is 3. The lowest BCUT2D eigenvalue weighted by Crippen LogP contribution is -2.29. The molecular weight excluding hydrogens is 237 g/mol. The first-order valence-electron chi connectivity index (χ1n) is 5.96. The fraction of sp³-hybridized carbons (Fsp3) is 0.462. The molecule has 1 aromatic carbocycles. The normalized spacial score (nSPS) is 28.8. The number of carbonyl (C=O) groups is 1. The number of nitrogens with zero attached hydrogens (tertiary/aromatic N) is 1. The molecule has 1 saturated heterocycles. The number of amides is 1. The van der Waals surface area contributed by atoms with Crippen LogP contribution in [0.15, 0.2) is 18.2 Å². The quantitative estimate of drug-likeness (QED) is 0.813. The molecule has 1 N–H and O–H groups in total. The summed E-state index contributed by atoms with van der Waals surface area (Å²) in [5, 5.41) is 9.35. The highest BCUT2D eigenvalue weighted by Crippen LogP contribution is 2.48. The molecule has 1 amide bonds. The fourth-order valence-electron chi connectivity index (χ4n) is 2.92. The van der Waals surface area contributed by atoms with E-state index in [1.807, 2.05) is 0 Å². The van der Waals surface area contributed by atoms with Gasteiger partial charge < -0.3 is 14.7 Å². The lowest BCUT2D eigenvalue weighted by molar-refractivity contribution is -0.130. The lowest BCUT2D eigenvalue weighted by Gasteiger charge is -2.21. The van der Waals surface area contributed by atoms with Crippen molar-refractivity contribution < 1.29 is 19.0 Å². The summed E-state index contributed by atoms with van der Waals surface area (Å²) in [6, 6.07) is 4.46. The van der Waals surface area contributed by atoms with Crippen LogP contribution in [0.3, 0.4) is 0 Å². The summed E-state index contributed by atoms with van der Waals surface area (Å²) < 4.78 is 19.3. The van der Waals surface area contributed by atoms with Crippen LogP contribution >= 0.6 is 0 Å². The summed E-state index contributed by atoms with van der Waals surface area (Å²) >= 11 is 0. The van der Waals surface area contributed by atoms with Crippen LogP contribution in [0, 0.1) is 11.7 Å². The van der Waals surface area contributed by atoms with Crippen molar-refractivity contribution >= 4 is 5.91 Å². The molecule has 3 rings (SSSR count). The highest BCUT2D eigenvalue weighted by atomic mass is 19.1. The summed E-state index contributed by atoms with van der Waals surface area (Å²) in [5.74, 6) is -0.439. The predicted molar refractivity (Wildman–Crippen MR) is 61.5 cm³/mol. The average molecular weight is 251 g/mol. The Morgan fingerprint density at radius 2 is 2.39 bits per heavy atom. The standard InChI is InChI=1S/C13H14FNO3/c1-7(17)15-5-8(6-16)12-11(15)9-3-2-4-10(14)13(9)18-12/h2-4,8,11-12,16H,5-6H2,1H3/t8-,11-,12-/m0/s1. The molecule has 0 radical (unpaired) electrons. The van der Waals surface area contributed by atoms with Crippen LogP contribution in [0.5, 0.6) is 5.75 Å². The Labute approximate surface area is 104 Å². The van der Waals surface area contributed by atoms with Crippen molar-refractivity contribution in [1.82, 2.24) is 4.90 Å². The van der Waals surface area contributed by atoms with Crippen LogP contribution in [0.2, 0.25) is 0 Å². The number of halogens is 1. The van der Waals surface area contributed by atoms with Crippen LogP contribution in [-0.4, -0.2) is 35.2 Å². The zero-order valence-electron chi connectivity index (χ0n) is 9.97. The molecule has 0 aliphatic carbocycles. The largest absolute Gasteiger partial charge is 0.484 e. The number of rotatable bonds is 1. The van der Waals surface area contributed by atoms with Crippen molar-refractivity contribution in [2.24, 2.45) is 5.92 Å². The van der Waals surface area contributed by atoms with E-state index in [-0.39, 0.29) is 36.3 Å². The van der Waals surface area contributed by atoms with Crippen molar-refractivity contribution in [2.45, 2.75) is 19.1 Å². The minimum atomic E-state index is -0.415. The molecule has 0 unspecified atom stereocenters. The fourth-order valence-corrected chi connectivity index (χ4v) is 2.92. The van der Waals surface area contributed by atoms with Crippen LogP contribution in [0.1, 0.15) is 18.5 Å². The Hall–Kier alpha value is -1.62. The number of ether oxygens (including phenoxy) is 1. The van der Waals surface area contributed by atoms with Gasteiger partial charge in [0.15, 0.2) is 11.6 Å². The van der Waals surface area contributed by atoms with Crippen molar-refractivity contribution in [3.8, 4) is 5.75 Å². The number of likely N-dealkylation sites (tertiary alicyclic amines) is 1. The van der Waals surface area contributed by atoms with Gasteiger partial charge in [0.1, 0.15) is 6.10 Å². The maximum absolute atomic E-state index is 13.7. The number of aliphatic hydroxyl groups is 1. The molecule has 2 aliphatic rings. The van der Waals surface area contributed by atoms with Gasteiger partial charge in [-0.2, -0.15) is 0 Å². The molecule has 1 fully saturated rings. The summed E-state index contributed by atoms with van der Waals surface area (Å²) in [6.45, 7) is 1.87. The molecular formula is C13H14FNO3. The Morgan fingerprint density at radius 3 is 3.06 bits per heavy atom. The summed E-state index contributed by atoms with van der Waals surface area (Å²) in [4.78, 5) is 13.3. The Balaban J connectivity index is 2.06. The minimum absolute atomic E-state index is 0.0689. The number of aliphatic hydroxyl groups excluding tert-OH is 1. The van der Waals surface area contributed by atoms with Crippen molar-refractivity contribution in [3.63, 3.8) is 0 Å². The molecule has 2 heterocycles. The smallest absolute Gasteiger partial charge is 0.220 e. The highest BCUT2D eigenvalue weighted by Gasteiger charge is 2.50. The van der Waals surface area contributed by atoms with Crippen LogP contribution in [0.4, 0.5) is 4.39 Å². The van der Waals surface area contributed by atoms with Gasteiger partial charge in [-0.25, -0.2) is 4.39 Å². The molecule has 2 aliphatic heterocycles.